The van der Waals surface area contributed by atoms with Crippen LogP contribution < -0.4 is 0 Å². The number of carbonyl (C=O) groups excluding carboxylic acids is 1. The molecule has 3 nitrogen and oxygen atoms in total. The Morgan fingerprint density at radius 3 is 2.11 bits per heavy atom. The predicted molar refractivity (Wildman–Crippen MR) is 81.0 cm³/mol. The van der Waals surface area contributed by atoms with Crippen LogP contribution in [0.15, 0.2) is 0 Å². The lowest BCUT2D eigenvalue weighted by molar-refractivity contribution is -0.171. The number of esters is 1. The number of nitrogens with zero attached hydrogens (tertiary/aromatic N) is 1. The van der Waals surface area contributed by atoms with Gasteiger partial charge in [-0.1, -0.05) is 47.5 Å². The second-order valence-corrected chi connectivity index (χ2v) is 5.51. The van der Waals surface area contributed by atoms with Crippen LogP contribution >= 0.6 is 0 Å². The maximum atomic E-state index is 12.5. The van der Waals surface area contributed by atoms with E-state index in [9.17, 15) is 4.79 Å². The van der Waals surface area contributed by atoms with Crippen molar-refractivity contribution >= 4 is 5.97 Å². The fourth-order valence-electron chi connectivity index (χ4n) is 2.30. The Bertz CT molecular complexity index is 251. The van der Waals surface area contributed by atoms with Crippen LogP contribution in [0.2, 0.25) is 0 Å². The summed E-state index contributed by atoms with van der Waals surface area (Å²) in [4.78, 5) is 14.7. The van der Waals surface area contributed by atoms with Gasteiger partial charge in [0.1, 0.15) is 0 Å². The van der Waals surface area contributed by atoms with Gasteiger partial charge in [-0.25, -0.2) is 0 Å². The summed E-state index contributed by atoms with van der Waals surface area (Å²) < 4.78 is 5.78. The van der Waals surface area contributed by atoms with E-state index in [-0.39, 0.29) is 17.6 Å². The minimum atomic E-state index is -0.323. The fourth-order valence-corrected chi connectivity index (χ4v) is 2.30. The van der Waals surface area contributed by atoms with E-state index in [1.807, 2.05) is 6.92 Å². The monoisotopic (exact) mass is 271 g/mol. The second kappa shape index (κ2) is 9.35. The summed E-state index contributed by atoms with van der Waals surface area (Å²) in [6, 6.07) is 0. The van der Waals surface area contributed by atoms with E-state index in [0.717, 1.165) is 45.2 Å². The van der Waals surface area contributed by atoms with Crippen LogP contribution in [0.25, 0.3) is 0 Å². The van der Waals surface area contributed by atoms with E-state index in [2.05, 4.69) is 39.5 Å². The number of unbranched alkanes of at least 4 members (excludes halogenated alkanes) is 1. The van der Waals surface area contributed by atoms with Gasteiger partial charge >= 0.3 is 5.97 Å². The molecule has 0 amide bonds. The Hall–Kier alpha value is -0.570. The van der Waals surface area contributed by atoms with Crippen LogP contribution in [-0.4, -0.2) is 30.2 Å². The molecular formula is C16H33NO2. The van der Waals surface area contributed by atoms with E-state index in [1.54, 1.807) is 0 Å². The van der Waals surface area contributed by atoms with Crippen molar-refractivity contribution in [1.29, 1.82) is 0 Å². The van der Waals surface area contributed by atoms with E-state index in [1.165, 1.54) is 0 Å². The number of hydrogen-bond acceptors (Lipinski definition) is 3. The summed E-state index contributed by atoms with van der Waals surface area (Å²) in [7, 11) is 0. The van der Waals surface area contributed by atoms with Gasteiger partial charge in [0, 0.05) is 0 Å². The third-order valence-electron chi connectivity index (χ3n) is 4.17. The average molecular weight is 271 g/mol. The van der Waals surface area contributed by atoms with Crippen LogP contribution in [-0.2, 0) is 9.53 Å². The highest BCUT2D eigenvalue weighted by atomic mass is 16.6. The van der Waals surface area contributed by atoms with Gasteiger partial charge in [0.25, 0.3) is 0 Å². The molecule has 0 aromatic rings. The van der Waals surface area contributed by atoms with Gasteiger partial charge in [-0.05, 0) is 39.3 Å². The number of carbonyl (C=O) groups is 1. The van der Waals surface area contributed by atoms with Crippen LogP contribution in [0.4, 0.5) is 0 Å². The lowest BCUT2D eigenvalue weighted by Gasteiger charge is -2.33. The van der Waals surface area contributed by atoms with Crippen LogP contribution in [0, 0.1) is 5.41 Å². The standard InChI is InChI=1S/C16H33NO2/c1-7-12-13-16(6,9-3)15(18)19-14(8-2)17(10-4)11-5/h14H,7-13H2,1-6H3. The van der Waals surface area contributed by atoms with Gasteiger partial charge in [-0.15, -0.1) is 0 Å². The van der Waals surface area contributed by atoms with E-state index >= 15 is 0 Å². The van der Waals surface area contributed by atoms with Gasteiger partial charge in [0.2, 0.25) is 0 Å². The van der Waals surface area contributed by atoms with Gasteiger partial charge in [-0.2, -0.15) is 0 Å². The minimum Gasteiger partial charge on any atom is -0.446 e. The zero-order valence-electron chi connectivity index (χ0n) is 13.8. The predicted octanol–water partition coefficient (Wildman–Crippen LogP) is 4.21. The summed E-state index contributed by atoms with van der Waals surface area (Å²) in [5.74, 6) is -0.0257. The molecule has 114 valence electrons. The number of ether oxygens (including phenoxy) is 1. The second-order valence-electron chi connectivity index (χ2n) is 5.51. The van der Waals surface area contributed by atoms with Crippen molar-refractivity contribution in [3.8, 4) is 0 Å². The summed E-state index contributed by atoms with van der Waals surface area (Å²) in [6.07, 6.45) is 4.75. The first-order valence-corrected chi connectivity index (χ1v) is 7.94. The average Bonchev–Trinajstić information content (AvgIpc) is 2.44. The summed E-state index contributed by atoms with van der Waals surface area (Å²) in [5.41, 5.74) is -0.323. The lowest BCUT2D eigenvalue weighted by atomic mass is 9.82. The molecule has 0 fully saturated rings. The molecule has 0 aromatic heterocycles. The highest BCUT2D eigenvalue weighted by molar-refractivity contribution is 5.76. The fraction of sp³-hybridized carbons (Fsp3) is 0.938. The molecule has 0 spiro atoms. The van der Waals surface area contributed by atoms with E-state index in [4.69, 9.17) is 4.74 Å². The molecule has 0 rings (SSSR count). The topological polar surface area (TPSA) is 29.5 Å². The number of rotatable bonds is 10. The molecule has 0 aromatic carbocycles. The first-order valence-electron chi connectivity index (χ1n) is 7.94. The molecular weight excluding hydrogens is 238 g/mol. The maximum Gasteiger partial charge on any atom is 0.313 e. The van der Waals surface area contributed by atoms with Gasteiger partial charge in [-0.3, -0.25) is 9.69 Å². The van der Waals surface area contributed by atoms with Crippen LogP contribution in [0.1, 0.15) is 73.6 Å². The lowest BCUT2D eigenvalue weighted by Crippen LogP contribution is -2.41. The summed E-state index contributed by atoms with van der Waals surface area (Å²) in [6.45, 7) is 14.4. The molecule has 19 heavy (non-hydrogen) atoms. The highest BCUT2D eigenvalue weighted by Gasteiger charge is 2.34. The summed E-state index contributed by atoms with van der Waals surface area (Å²) in [5, 5.41) is 0. The molecule has 0 aliphatic carbocycles. The van der Waals surface area contributed by atoms with Gasteiger partial charge in [0.15, 0.2) is 6.23 Å². The molecule has 0 N–H and O–H groups in total. The maximum absolute atomic E-state index is 12.5. The van der Waals surface area contributed by atoms with Crippen molar-refractivity contribution in [1.82, 2.24) is 4.90 Å². The van der Waals surface area contributed by atoms with Gasteiger partial charge in [0.05, 0.1) is 5.41 Å². The molecule has 0 saturated carbocycles. The molecule has 2 unspecified atom stereocenters. The molecule has 0 bridgehead atoms. The number of hydrogen-bond donors (Lipinski definition) is 0. The zero-order chi connectivity index (χ0) is 14.9. The minimum absolute atomic E-state index is 0.0257. The van der Waals surface area contributed by atoms with Crippen LogP contribution in [0.5, 0.6) is 0 Å². The van der Waals surface area contributed by atoms with Crippen molar-refractivity contribution in [2.24, 2.45) is 5.41 Å². The first-order chi connectivity index (χ1) is 8.98. The van der Waals surface area contributed by atoms with Crippen molar-refractivity contribution < 1.29 is 9.53 Å². The quantitative estimate of drug-likeness (QED) is 0.440. The Balaban J connectivity index is 4.68. The molecule has 0 radical (unpaired) electrons. The van der Waals surface area contributed by atoms with E-state index < -0.39 is 0 Å². The molecule has 0 aliphatic heterocycles. The summed E-state index contributed by atoms with van der Waals surface area (Å²) >= 11 is 0. The Morgan fingerprint density at radius 1 is 1.16 bits per heavy atom. The SMILES string of the molecule is CCCCC(C)(CC)C(=O)OC(CC)N(CC)CC. The smallest absolute Gasteiger partial charge is 0.313 e. The van der Waals surface area contributed by atoms with Crippen molar-refractivity contribution in [2.45, 2.75) is 79.9 Å². The van der Waals surface area contributed by atoms with Gasteiger partial charge < -0.3 is 4.74 Å². The van der Waals surface area contributed by atoms with E-state index in [0.29, 0.717) is 0 Å². The highest BCUT2D eigenvalue weighted by Crippen LogP contribution is 2.30. The molecule has 2 atom stereocenters. The zero-order valence-corrected chi connectivity index (χ0v) is 13.8. The van der Waals surface area contributed by atoms with Crippen LogP contribution in [0.3, 0.4) is 0 Å². The third-order valence-corrected chi connectivity index (χ3v) is 4.17. The Morgan fingerprint density at radius 2 is 1.74 bits per heavy atom. The van der Waals surface area contributed by atoms with Crippen molar-refractivity contribution in [2.75, 3.05) is 13.1 Å². The normalized spacial score (nSPS) is 16.2. The Kier molecular flexibility index (Phi) is 9.07. The third kappa shape index (κ3) is 5.52. The molecule has 0 aliphatic rings. The molecule has 3 heteroatoms. The molecule has 0 saturated heterocycles. The van der Waals surface area contributed by atoms with Crippen molar-refractivity contribution in [3.05, 3.63) is 0 Å². The van der Waals surface area contributed by atoms with Crippen molar-refractivity contribution in [3.63, 3.8) is 0 Å². The Labute approximate surface area is 119 Å². The largest absolute Gasteiger partial charge is 0.446 e. The molecule has 0 heterocycles. The first kappa shape index (κ1) is 18.4.